The first-order valence-electron chi connectivity index (χ1n) is 6.17. The molecule has 0 radical (unpaired) electrons. The summed E-state index contributed by atoms with van der Waals surface area (Å²) in [6, 6.07) is -0.272. The van der Waals surface area contributed by atoms with Gasteiger partial charge in [0.2, 0.25) is 10.0 Å². The quantitative estimate of drug-likeness (QED) is 0.903. The third-order valence-corrected chi connectivity index (χ3v) is 5.26. The van der Waals surface area contributed by atoms with E-state index in [1.54, 1.807) is 0 Å². The number of carboxylic acid groups (broad SMARTS) is 1. The van der Waals surface area contributed by atoms with Crippen molar-refractivity contribution >= 4 is 16.0 Å². The van der Waals surface area contributed by atoms with Gasteiger partial charge in [0, 0.05) is 12.7 Å². The monoisotopic (exact) mass is 302 g/mol. The highest BCUT2D eigenvalue weighted by atomic mass is 32.2. The molecule has 8 heteroatoms. The predicted octanol–water partition coefficient (Wildman–Crippen LogP) is 1.09. The minimum Gasteiger partial charge on any atom is -0.480 e. The number of piperidine rings is 1. The second kappa shape index (κ2) is 5.45. The standard InChI is InChI=1S/C12H15FN2O4S/c1-8-2-3-15(11(4-8)12(16)17)20(18,19)10-5-9(13)6-14-7-10/h5-8,11H,2-4H2,1H3,(H,16,17). The normalized spacial score (nSPS) is 24.5. The number of hydrogen-bond donors (Lipinski definition) is 1. The number of sulfonamides is 1. The van der Waals surface area contributed by atoms with Crippen molar-refractivity contribution in [3.8, 4) is 0 Å². The molecule has 1 N–H and O–H groups in total. The van der Waals surface area contributed by atoms with Gasteiger partial charge in [-0.25, -0.2) is 12.8 Å². The lowest BCUT2D eigenvalue weighted by atomic mass is 9.94. The SMILES string of the molecule is CC1CCN(S(=O)(=O)c2cncc(F)c2)C(C(=O)O)C1. The van der Waals surface area contributed by atoms with Gasteiger partial charge in [-0.15, -0.1) is 0 Å². The molecule has 1 saturated heterocycles. The molecule has 2 atom stereocenters. The molecule has 1 aromatic rings. The Morgan fingerprint density at radius 3 is 2.80 bits per heavy atom. The summed E-state index contributed by atoms with van der Waals surface area (Å²) in [5, 5.41) is 9.20. The van der Waals surface area contributed by atoms with E-state index in [4.69, 9.17) is 0 Å². The van der Waals surface area contributed by atoms with E-state index in [1.165, 1.54) is 0 Å². The molecule has 0 saturated carbocycles. The molecule has 0 aromatic carbocycles. The van der Waals surface area contributed by atoms with Crippen LogP contribution in [0.1, 0.15) is 19.8 Å². The molecule has 110 valence electrons. The number of rotatable bonds is 3. The van der Waals surface area contributed by atoms with Crippen molar-refractivity contribution in [3.05, 3.63) is 24.3 Å². The Bertz CT molecular complexity index is 620. The molecule has 2 heterocycles. The molecule has 2 rings (SSSR count). The molecule has 0 spiro atoms. The maximum atomic E-state index is 13.1. The molecule has 2 unspecified atom stereocenters. The van der Waals surface area contributed by atoms with Gasteiger partial charge in [0.25, 0.3) is 0 Å². The number of halogens is 1. The minimum atomic E-state index is -4.05. The third-order valence-electron chi connectivity index (χ3n) is 3.39. The van der Waals surface area contributed by atoms with Gasteiger partial charge in [-0.2, -0.15) is 4.31 Å². The first-order chi connectivity index (χ1) is 9.32. The predicted molar refractivity (Wildman–Crippen MR) is 67.9 cm³/mol. The van der Waals surface area contributed by atoms with Crippen LogP contribution in [-0.4, -0.2) is 41.4 Å². The zero-order chi connectivity index (χ0) is 14.9. The Balaban J connectivity index is 2.39. The van der Waals surface area contributed by atoms with Gasteiger partial charge in [-0.1, -0.05) is 6.92 Å². The topological polar surface area (TPSA) is 87.6 Å². The summed E-state index contributed by atoms with van der Waals surface area (Å²) >= 11 is 0. The highest BCUT2D eigenvalue weighted by Gasteiger charge is 2.39. The smallest absolute Gasteiger partial charge is 0.322 e. The number of aliphatic carboxylic acids is 1. The molecule has 0 bridgehead atoms. The first-order valence-corrected chi connectivity index (χ1v) is 7.61. The second-order valence-corrected chi connectivity index (χ2v) is 6.83. The summed E-state index contributed by atoms with van der Waals surface area (Å²) in [4.78, 5) is 14.4. The van der Waals surface area contributed by atoms with Crippen LogP contribution in [-0.2, 0) is 14.8 Å². The molecule has 20 heavy (non-hydrogen) atoms. The Kier molecular flexibility index (Phi) is 4.05. The van der Waals surface area contributed by atoms with Gasteiger partial charge in [0.15, 0.2) is 0 Å². The average molecular weight is 302 g/mol. The maximum Gasteiger partial charge on any atom is 0.322 e. The number of pyridine rings is 1. The number of carboxylic acids is 1. The highest BCUT2D eigenvalue weighted by Crippen LogP contribution is 2.28. The van der Waals surface area contributed by atoms with Gasteiger partial charge in [-0.05, 0) is 24.8 Å². The number of hydrogen-bond acceptors (Lipinski definition) is 4. The summed E-state index contributed by atoms with van der Waals surface area (Å²) in [7, 11) is -4.05. The van der Waals surface area contributed by atoms with Gasteiger partial charge in [0.05, 0.1) is 6.20 Å². The number of carbonyl (C=O) groups is 1. The maximum absolute atomic E-state index is 13.1. The third kappa shape index (κ3) is 2.80. The summed E-state index contributed by atoms with van der Waals surface area (Å²) in [5.74, 6) is -1.83. The lowest BCUT2D eigenvalue weighted by Gasteiger charge is -2.34. The Morgan fingerprint density at radius 1 is 1.50 bits per heavy atom. The molecular weight excluding hydrogens is 287 g/mol. The van der Waals surface area contributed by atoms with Crippen LogP contribution in [0.3, 0.4) is 0 Å². The first kappa shape index (κ1) is 14.9. The van der Waals surface area contributed by atoms with Crippen LogP contribution in [0.25, 0.3) is 0 Å². The van der Waals surface area contributed by atoms with E-state index >= 15 is 0 Å². The number of aromatic nitrogens is 1. The fourth-order valence-electron chi connectivity index (χ4n) is 2.30. The van der Waals surface area contributed by atoms with E-state index in [0.717, 1.165) is 22.8 Å². The van der Waals surface area contributed by atoms with Crippen LogP contribution in [0.15, 0.2) is 23.4 Å². The molecule has 1 fully saturated rings. The van der Waals surface area contributed by atoms with E-state index in [0.29, 0.717) is 6.42 Å². The Morgan fingerprint density at radius 2 is 2.20 bits per heavy atom. The van der Waals surface area contributed by atoms with E-state index in [-0.39, 0.29) is 23.8 Å². The summed E-state index contributed by atoms with van der Waals surface area (Å²) in [6.45, 7) is 1.99. The molecule has 0 amide bonds. The fraction of sp³-hybridized carbons (Fsp3) is 0.500. The second-order valence-electron chi connectivity index (χ2n) is 4.94. The van der Waals surface area contributed by atoms with E-state index in [2.05, 4.69) is 4.98 Å². The van der Waals surface area contributed by atoms with Crippen molar-refractivity contribution in [2.45, 2.75) is 30.7 Å². The Labute approximate surface area is 116 Å². The van der Waals surface area contributed by atoms with Crippen molar-refractivity contribution in [3.63, 3.8) is 0 Å². The Hall–Kier alpha value is -1.54. The zero-order valence-corrected chi connectivity index (χ0v) is 11.7. The van der Waals surface area contributed by atoms with Crippen LogP contribution in [0.2, 0.25) is 0 Å². The largest absolute Gasteiger partial charge is 0.480 e. The van der Waals surface area contributed by atoms with Crippen molar-refractivity contribution in [1.82, 2.24) is 9.29 Å². The van der Waals surface area contributed by atoms with Crippen LogP contribution < -0.4 is 0 Å². The minimum absolute atomic E-state index is 0.108. The van der Waals surface area contributed by atoms with Gasteiger partial charge >= 0.3 is 5.97 Å². The number of nitrogens with zero attached hydrogens (tertiary/aromatic N) is 2. The molecule has 1 aromatic heterocycles. The van der Waals surface area contributed by atoms with Gasteiger partial charge in [0.1, 0.15) is 16.8 Å². The van der Waals surface area contributed by atoms with Crippen LogP contribution in [0, 0.1) is 11.7 Å². The molecule has 6 nitrogen and oxygen atoms in total. The van der Waals surface area contributed by atoms with Crippen LogP contribution >= 0.6 is 0 Å². The van der Waals surface area contributed by atoms with E-state index in [1.807, 2.05) is 6.92 Å². The zero-order valence-electron chi connectivity index (χ0n) is 10.9. The summed E-state index contributed by atoms with van der Waals surface area (Å²) in [6.07, 6.45) is 2.74. The fourth-order valence-corrected chi connectivity index (χ4v) is 3.88. The summed E-state index contributed by atoms with van der Waals surface area (Å²) in [5.41, 5.74) is 0. The summed E-state index contributed by atoms with van der Waals surface area (Å²) < 4.78 is 38.9. The average Bonchev–Trinajstić information content (AvgIpc) is 2.38. The van der Waals surface area contributed by atoms with E-state index in [9.17, 15) is 22.7 Å². The van der Waals surface area contributed by atoms with Crippen molar-refractivity contribution in [2.75, 3.05) is 6.54 Å². The van der Waals surface area contributed by atoms with Crippen LogP contribution in [0.5, 0.6) is 0 Å². The lowest BCUT2D eigenvalue weighted by Crippen LogP contribution is -2.49. The van der Waals surface area contributed by atoms with Crippen LogP contribution in [0.4, 0.5) is 4.39 Å². The molecule has 1 aliphatic rings. The molecular formula is C12H15FN2O4S. The van der Waals surface area contributed by atoms with Crippen molar-refractivity contribution in [1.29, 1.82) is 0 Å². The molecule has 0 aliphatic carbocycles. The van der Waals surface area contributed by atoms with Gasteiger partial charge < -0.3 is 5.11 Å². The van der Waals surface area contributed by atoms with Gasteiger partial charge in [-0.3, -0.25) is 9.78 Å². The van der Waals surface area contributed by atoms with Crippen molar-refractivity contribution in [2.24, 2.45) is 5.92 Å². The molecule has 1 aliphatic heterocycles. The lowest BCUT2D eigenvalue weighted by molar-refractivity contribution is -0.143. The van der Waals surface area contributed by atoms with E-state index < -0.39 is 27.9 Å². The highest BCUT2D eigenvalue weighted by molar-refractivity contribution is 7.89. The van der Waals surface area contributed by atoms with Crippen molar-refractivity contribution < 1.29 is 22.7 Å².